The second-order valence-electron chi connectivity index (χ2n) is 3.79. The van der Waals surface area contributed by atoms with Crippen molar-refractivity contribution < 1.29 is 9.90 Å². The van der Waals surface area contributed by atoms with Crippen LogP contribution in [0.5, 0.6) is 0 Å². The van der Waals surface area contributed by atoms with Gasteiger partial charge >= 0.3 is 0 Å². The summed E-state index contributed by atoms with van der Waals surface area (Å²) in [6.07, 6.45) is 0.958. The Bertz CT molecular complexity index is 355. The lowest BCUT2D eigenvalue weighted by Crippen LogP contribution is -2.34. The molecule has 0 aliphatic heterocycles. The van der Waals surface area contributed by atoms with Crippen molar-refractivity contribution in [2.24, 2.45) is 0 Å². The van der Waals surface area contributed by atoms with E-state index in [-0.39, 0.29) is 18.6 Å². The first-order valence-corrected chi connectivity index (χ1v) is 6.06. The number of nitrogens with one attached hydrogen (secondary N) is 1. The normalized spacial score (nSPS) is 12.2. The Morgan fingerprint density at radius 1 is 1.56 bits per heavy atom. The molecule has 1 atom stereocenters. The number of carbonyl (C=O) groups is 1. The van der Waals surface area contributed by atoms with E-state index in [2.05, 4.69) is 21.2 Å². The molecule has 0 heterocycles. The van der Waals surface area contributed by atoms with Crippen LogP contribution in [0.3, 0.4) is 0 Å². The van der Waals surface area contributed by atoms with Gasteiger partial charge in [0.25, 0.3) is 0 Å². The molecule has 0 bridgehead atoms. The van der Waals surface area contributed by atoms with Crippen LogP contribution in [0.25, 0.3) is 0 Å². The molecule has 0 fully saturated rings. The molecule has 0 aliphatic rings. The monoisotopic (exact) mass is 285 g/mol. The van der Waals surface area contributed by atoms with Crippen molar-refractivity contribution >= 4 is 21.8 Å². The Morgan fingerprint density at radius 3 is 2.94 bits per heavy atom. The smallest absolute Gasteiger partial charge is 0.224 e. The first-order valence-electron chi connectivity index (χ1n) is 5.26. The Kier molecular flexibility index (Phi) is 5.49. The van der Waals surface area contributed by atoms with Gasteiger partial charge in [-0.15, -0.1) is 0 Å². The molecule has 2 N–H and O–H groups in total. The topological polar surface area (TPSA) is 49.3 Å². The summed E-state index contributed by atoms with van der Waals surface area (Å²) in [5.41, 5.74) is 0.975. The summed E-state index contributed by atoms with van der Waals surface area (Å²) < 4.78 is 0.973. The molecule has 88 valence electrons. The van der Waals surface area contributed by atoms with E-state index in [0.29, 0.717) is 12.8 Å². The largest absolute Gasteiger partial charge is 0.396 e. The van der Waals surface area contributed by atoms with Crippen molar-refractivity contribution in [3.05, 3.63) is 34.3 Å². The van der Waals surface area contributed by atoms with E-state index in [9.17, 15) is 4.79 Å². The van der Waals surface area contributed by atoms with Gasteiger partial charge in [-0.25, -0.2) is 0 Å². The van der Waals surface area contributed by atoms with Crippen molar-refractivity contribution in [3.8, 4) is 0 Å². The molecule has 0 aromatic heterocycles. The van der Waals surface area contributed by atoms with Gasteiger partial charge in [-0.05, 0) is 31.0 Å². The van der Waals surface area contributed by atoms with E-state index in [1.807, 2.05) is 31.2 Å². The van der Waals surface area contributed by atoms with Crippen LogP contribution in [-0.4, -0.2) is 23.7 Å². The molecule has 0 aliphatic carbocycles. The number of rotatable bonds is 5. The highest BCUT2D eigenvalue weighted by atomic mass is 79.9. The van der Waals surface area contributed by atoms with E-state index in [0.717, 1.165) is 10.0 Å². The van der Waals surface area contributed by atoms with Crippen LogP contribution in [0.4, 0.5) is 0 Å². The fourth-order valence-electron chi connectivity index (χ4n) is 1.42. The molecule has 4 heteroatoms. The number of aliphatic hydroxyl groups excluding tert-OH is 1. The van der Waals surface area contributed by atoms with Crippen molar-refractivity contribution in [3.63, 3.8) is 0 Å². The minimum atomic E-state index is -0.0148. The fourth-order valence-corrected chi connectivity index (χ4v) is 1.87. The van der Waals surface area contributed by atoms with Crippen LogP contribution in [0.2, 0.25) is 0 Å². The van der Waals surface area contributed by atoms with Crippen LogP contribution < -0.4 is 5.32 Å². The van der Waals surface area contributed by atoms with Crippen LogP contribution in [-0.2, 0) is 11.2 Å². The zero-order valence-corrected chi connectivity index (χ0v) is 10.8. The first kappa shape index (κ1) is 13.2. The highest BCUT2D eigenvalue weighted by molar-refractivity contribution is 9.10. The van der Waals surface area contributed by atoms with Crippen molar-refractivity contribution in [2.45, 2.75) is 25.8 Å². The summed E-state index contributed by atoms with van der Waals surface area (Å²) in [5, 5.41) is 11.6. The summed E-state index contributed by atoms with van der Waals surface area (Å²) in [5.74, 6) is -0.0148. The maximum atomic E-state index is 11.6. The lowest BCUT2D eigenvalue weighted by molar-refractivity contribution is -0.121. The highest BCUT2D eigenvalue weighted by Crippen LogP contribution is 2.12. The van der Waals surface area contributed by atoms with Gasteiger partial charge in [0.2, 0.25) is 5.91 Å². The third-order valence-electron chi connectivity index (χ3n) is 2.22. The first-order chi connectivity index (χ1) is 7.61. The maximum absolute atomic E-state index is 11.6. The Hall–Kier alpha value is -0.870. The summed E-state index contributed by atoms with van der Waals surface area (Å²) in [6, 6.07) is 7.70. The zero-order valence-electron chi connectivity index (χ0n) is 9.24. The van der Waals surface area contributed by atoms with E-state index in [1.165, 1.54) is 0 Å². The summed E-state index contributed by atoms with van der Waals surface area (Å²) in [4.78, 5) is 11.6. The van der Waals surface area contributed by atoms with Gasteiger partial charge in [-0.1, -0.05) is 28.1 Å². The molecular weight excluding hydrogens is 270 g/mol. The molecule has 0 radical (unpaired) electrons. The number of amides is 1. The molecule has 1 aromatic rings. The molecule has 0 saturated carbocycles. The average molecular weight is 286 g/mol. The lowest BCUT2D eigenvalue weighted by atomic mass is 10.1. The summed E-state index contributed by atoms with van der Waals surface area (Å²) in [7, 11) is 0. The number of aliphatic hydroxyl groups is 1. The van der Waals surface area contributed by atoms with E-state index in [4.69, 9.17) is 5.11 Å². The predicted octanol–water partition coefficient (Wildman–Crippen LogP) is 1.88. The average Bonchev–Trinajstić information content (AvgIpc) is 2.17. The molecule has 0 saturated heterocycles. The minimum absolute atomic E-state index is 0.0148. The van der Waals surface area contributed by atoms with E-state index >= 15 is 0 Å². The van der Waals surface area contributed by atoms with E-state index in [1.54, 1.807) is 0 Å². The second kappa shape index (κ2) is 6.66. The van der Waals surface area contributed by atoms with Crippen molar-refractivity contribution in [2.75, 3.05) is 6.61 Å². The Labute approximate surface area is 104 Å². The molecule has 1 amide bonds. The number of benzene rings is 1. The fraction of sp³-hybridized carbons (Fsp3) is 0.417. The Balaban J connectivity index is 2.45. The van der Waals surface area contributed by atoms with E-state index < -0.39 is 0 Å². The summed E-state index contributed by atoms with van der Waals surface area (Å²) in [6.45, 7) is 1.98. The predicted molar refractivity (Wildman–Crippen MR) is 67.2 cm³/mol. The number of hydrogen-bond acceptors (Lipinski definition) is 2. The standard InChI is InChI=1S/C12H16BrNO2/c1-9(5-6-15)14-12(16)8-10-3-2-4-11(13)7-10/h2-4,7,9,15H,5-6,8H2,1H3,(H,14,16)/t9-/m1/s1. The van der Waals surface area contributed by atoms with Crippen LogP contribution in [0, 0.1) is 0 Å². The third-order valence-corrected chi connectivity index (χ3v) is 2.72. The van der Waals surface area contributed by atoms with Gasteiger partial charge in [0.15, 0.2) is 0 Å². The molecule has 16 heavy (non-hydrogen) atoms. The second-order valence-corrected chi connectivity index (χ2v) is 4.70. The number of carbonyl (C=O) groups excluding carboxylic acids is 1. The van der Waals surface area contributed by atoms with Gasteiger partial charge in [0.05, 0.1) is 6.42 Å². The number of halogens is 1. The van der Waals surface area contributed by atoms with Gasteiger partial charge in [0.1, 0.15) is 0 Å². The van der Waals surface area contributed by atoms with Gasteiger partial charge in [-0.2, -0.15) is 0 Å². The Morgan fingerprint density at radius 2 is 2.31 bits per heavy atom. The molecule has 3 nitrogen and oxygen atoms in total. The molecular formula is C12H16BrNO2. The maximum Gasteiger partial charge on any atom is 0.224 e. The third kappa shape index (κ3) is 4.77. The van der Waals surface area contributed by atoms with Gasteiger partial charge < -0.3 is 10.4 Å². The minimum Gasteiger partial charge on any atom is -0.396 e. The highest BCUT2D eigenvalue weighted by Gasteiger charge is 2.07. The van der Waals surface area contributed by atoms with Crippen molar-refractivity contribution in [1.82, 2.24) is 5.32 Å². The lowest BCUT2D eigenvalue weighted by Gasteiger charge is -2.12. The van der Waals surface area contributed by atoms with Crippen LogP contribution in [0.1, 0.15) is 18.9 Å². The SMILES string of the molecule is C[C@H](CCO)NC(=O)Cc1cccc(Br)c1. The van der Waals surface area contributed by atoms with Crippen LogP contribution >= 0.6 is 15.9 Å². The van der Waals surface area contributed by atoms with Gasteiger partial charge in [-0.3, -0.25) is 4.79 Å². The summed E-state index contributed by atoms with van der Waals surface area (Å²) >= 11 is 3.36. The molecule has 1 rings (SSSR count). The number of hydrogen-bond donors (Lipinski definition) is 2. The quantitative estimate of drug-likeness (QED) is 0.868. The molecule has 0 spiro atoms. The van der Waals surface area contributed by atoms with Crippen molar-refractivity contribution in [1.29, 1.82) is 0 Å². The molecule has 1 aromatic carbocycles. The molecule has 0 unspecified atom stereocenters. The van der Waals surface area contributed by atoms with Gasteiger partial charge in [0, 0.05) is 17.1 Å². The zero-order chi connectivity index (χ0) is 12.0. The van der Waals surface area contributed by atoms with Crippen LogP contribution in [0.15, 0.2) is 28.7 Å².